The van der Waals surface area contributed by atoms with Gasteiger partial charge in [0.1, 0.15) is 23.0 Å². The van der Waals surface area contributed by atoms with Crippen molar-refractivity contribution < 1.29 is 28.5 Å². The summed E-state index contributed by atoms with van der Waals surface area (Å²) >= 11 is 0. The van der Waals surface area contributed by atoms with Crippen molar-refractivity contribution in [2.45, 2.75) is 0 Å². The van der Waals surface area contributed by atoms with Crippen molar-refractivity contribution in [3.05, 3.63) is 89.5 Å². The molecule has 3 aromatic carbocycles. The minimum absolute atomic E-state index is 0.254. The van der Waals surface area contributed by atoms with Gasteiger partial charge in [0.25, 0.3) is 0 Å². The van der Waals surface area contributed by atoms with Crippen LogP contribution in [0.3, 0.4) is 0 Å². The van der Waals surface area contributed by atoms with E-state index in [1.165, 1.54) is 13.2 Å². The van der Waals surface area contributed by atoms with Crippen LogP contribution in [0.25, 0.3) is 6.08 Å². The molecule has 158 valence electrons. The molecule has 0 aromatic heterocycles. The van der Waals surface area contributed by atoms with Gasteiger partial charge in [-0.2, -0.15) is 0 Å². The summed E-state index contributed by atoms with van der Waals surface area (Å²) in [6.07, 6.45) is 3.01. The number of benzene rings is 3. The summed E-state index contributed by atoms with van der Waals surface area (Å²) in [5, 5.41) is 0. The predicted octanol–water partition coefficient (Wildman–Crippen LogP) is 4.83. The van der Waals surface area contributed by atoms with Gasteiger partial charge in [-0.05, 0) is 54.6 Å². The fourth-order valence-electron chi connectivity index (χ4n) is 2.85. The van der Waals surface area contributed by atoms with Crippen molar-refractivity contribution in [1.82, 2.24) is 0 Å². The lowest BCUT2D eigenvalue weighted by atomic mass is 10.1. The average Bonchev–Trinajstić information content (AvgIpc) is 2.82. The lowest BCUT2D eigenvalue weighted by molar-refractivity contribution is 0.0734. The van der Waals surface area contributed by atoms with E-state index < -0.39 is 5.97 Å². The van der Waals surface area contributed by atoms with Crippen molar-refractivity contribution in [2.75, 3.05) is 21.3 Å². The van der Waals surface area contributed by atoms with Gasteiger partial charge in [0.2, 0.25) is 0 Å². The Labute approximate surface area is 180 Å². The zero-order valence-electron chi connectivity index (χ0n) is 17.5. The van der Waals surface area contributed by atoms with Crippen LogP contribution in [-0.4, -0.2) is 33.1 Å². The molecule has 0 saturated heterocycles. The van der Waals surface area contributed by atoms with Crippen molar-refractivity contribution in [2.24, 2.45) is 0 Å². The second kappa shape index (κ2) is 10.1. The molecule has 31 heavy (non-hydrogen) atoms. The average molecular weight is 418 g/mol. The van der Waals surface area contributed by atoms with Crippen molar-refractivity contribution in [1.29, 1.82) is 0 Å². The summed E-state index contributed by atoms with van der Waals surface area (Å²) in [5.74, 6) is 1.23. The minimum Gasteiger partial charge on any atom is -0.497 e. The topological polar surface area (TPSA) is 71.1 Å². The van der Waals surface area contributed by atoms with E-state index in [0.717, 1.165) is 0 Å². The number of ether oxygens (including phenoxy) is 4. The largest absolute Gasteiger partial charge is 0.497 e. The molecule has 0 bridgehead atoms. The SMILES string of the molecule is COc1ccc(C(=O)Oc2ccccc2C=CC(=O)c2ccc(OC)cc2OC)cc1. The molecule has 0 fully saturated rings. The Kier molecular flexibility index (Phi) is 7.06. The molecule has 0 heterocycles. The van der Waals surface area contributed by atoms with E-state index in [4.69, 9.17) is 18.9 Å². The van der Waals surface area contributed by atoms with Gasteiger partial charge < -0.3 is 18.9 Å². The number of methoxy groups -OCH3 is 3. The third-order valence-corrected chi connectivity index (χ3v) is 4.54. The maximum absolute atomic E-state index is 12.7. The first-order valence-electron chi connectivity index (χ1n) is 9.45. The van der Waals surface area contributed by atoms with Gasteiger partial charge in [0, 0.05) is 11.6 Å². The summed E-state index contributed by atoms with van der Waals surface area (Å²) in [5.41, 5.74) is 1.37. The van der Waals surface area contributed by atoms with Gasteiger partial charge in [-0.1, -0.05) is 18.2 Å². The second-order valence-electron chi connectivity index (χ2n) is 6.42. The molecule has 0 aliphatic heterocycles. The number of esters is 1. The van der Waals surface area contributed by atoms with Crippen LogP contribution in [0.2, 0.25) is 0 Å². The standard InChI is InChI=1S/C25H22O6/c1-28-19-11-8-18(9-12-19)25(27)31-23-7-5-4-6-17(23)10-15-22(26)21-14-13-20(29-2)16-24(21)30-3/h4-16H,1-3H3. The second-order valence-corrected chi connectivity index (χ2v) is 6.42. The molecule has 0 atom stereocenters. The van der Waals surface area contributed by atoms with E-state index >= 15 is 0 Å². The molecule has 3 rings (SSSR count). The Bertz CT molecular complexity index is 1100. The number of ketones is 1. The zero-order chi connectivity index (χ0) is 22.2. The van der Waals surface area contributed by atoms with Gasteiger partial charge in [0.15, 0.2) is 5.78 Å². The van der Waals surface area contributed by atoms with E-state index in [0.29, 0.717) is 39.7 Å². The van der Waals surface area contributed by atoms with Gasteiger partial charge >= 0.3 is 5.97 Å². The fraction of sp³-hybridized carbons (Fsp3) is 0.120. The van der Waals surface area contributed by atoms with Crippen LogP contribution >= 0.6 is 0 Å². The van der Waals surface area contributed by atoms with Crippen LogP contribution in [0.5, 0.6) is 23.0 Å². The van der Waals surface area contributed by atoms with E-state index in [2.05, 4.69) is 0 Å². The molecule has 6 nitrogen and oxygen atoms in total. The highest BCUT2D eigenvalue weighted by atomic mass is 16.5. The number of rotatable bonds is 8. The molecule has 0 N–H and O–H groups in total. The quantitative estimate of drug-likeness (QED) is 0.226. The Hall–Kier alpha value is -4.06. The molecule has 0 amide bonds. The number of carbonyl (C=O) groups is 2. The molecular weight excluding hydrogens is 396 g/mol. The number of allylic oxidation sites excluding steroid dienone is 1. The smallest absolute Gasteiger partial charge is 0.343 e. The fourth-order valence-corrected chi connectivity index (χ4v) is 2.85. The molecule has 0 aliphatic carbocycles. The summed E-state index contributed by atoms with van der Waals surface area (Å²) < 4.78 is 21.1. The predicted molar refractivity (Wildman–Crippen MR) is 117 cm³/mol. The zero-order valence-corrected chi connectivity index (χ0v) is 17.5. The molecule has 0 radical (unpaired) electrons. The lowest BCUT2D eigenvalue weighted by Crippen LogP contribution is -2.09. The first-order chi connectivity index (χ1) is 15.0. The number of para-hydroxylation sites is 1. The van der Waals surface area contributed by atoms with Crippen LogP contribution in [0.15, 0.2) is 72.8 Å². The van der Waals surface area contributed by atoms with E-state index in [1.807, 2.05) is 0 Å². The molecule has 0 aliphatic rings. The summed E-state index contributed by atoms with van der Waals surface area (Å²) in [4.78, 5) is 25.2. The monoisotopic (exact) mass is 418 g/mol. The first kappa shape index (κ1) is 21.6. The van der Waals surface area contributed by atoms with Crippen LogP contribution in [0.1, 0.15) is 26.3 Å². The van der Waals surface area contributed by atoms with E-state index in [-0.39, 0.29) is 5.78 Å². The number of hydrogen-bond acceptors (Lipinski definition) is 6. The van der Waals surface area contributed by atoms with Crippen LogP contribution < -0.4 is 18.9 Å². The summed E-state index contributed by atoms with van der Waals surface area (Å²) in [7, 11) is 4.59. The highest BCUT2D eigenvalue weighted by Gasteiger charge is 2.13. The van der Waals surface area contributed by atoms with Gasteiger partial charge in [-0.3, -0.25) is 4.79 Å². The van der Waals surface area contributed by atoms with Crippen molar-refractivity contribution in [3.63, 3.8) is 0 Å². The van der Waals surface area contributed by atoms with Crippen LogP contribution in [0.4, 0.5) is 0 Å². The third-order valence-electron chi connectivity index (χ3n) is 4.54. The van der Waals surface area contributed by atoms with E-state index in [1.54, 1.807) is 87.0 Å². The van der Waals surface area contributed by atoms with Crippen molar-refractivity contribution >= 4 is 17.8 Å². The normalized spacial score (nSPS) is 10.5. The van der Waals surface area contributed by atoms with Gasteiger partial charge in [-0.15, -0.1) is 0 Å². The number of carbonyl (C=O) groups excluding carboxylic acids is 2. The van der Waals surface area contributed by atoms with Crippen LogP contribution in [0, 0.1) is 0 Å². The van der Waals surface area contributed by atoms with E-state index in [9.17, 15) is 9.59 Å². The third kappa shape index (κ3) is 5.30. The molecule has 0 unspecified atom stereocenters. The summed E-state index contributed by atoms with van der Waals surface area (Å²) in [6.45, 7) is 0. The Morgan fingerprint density at radius 3 is 2.10 bits per heavy atom. The maximum atomic E-state index is 12.7. The number of hydrogen-bond donors (Lipinski definition) is 0. The molecule has 0 saturated carbocycles. The maximum Gasteiger partial charge on any atom is 0.343 e. The highest BCUT2D eigenvalue weighted by Crippen LogP contribution is 2.26. The van der Waals surface area contributed by atoms with Gasteiger partial charge in [0.05, 0.1) is 32.5 Å². The lowest BCUT2D eigenvalue weighted by Gasteiger charge is -2.09. The first-order valence-corrected chi connectivity index (χ1v) is 9.45. The summed E-state index contributed by atoms with van der Waals surface area (Å²) in [6, 6.07) is 18.6. The molecule has 6 heteroatoms. The van der Waals surface area contributed by atoms with Crippen molar-refractivity contribution in [3.8, 4) is 23.0 Å². The van der Waals surface area contributed by atoms with Crippen LogP contribution in [-0.2, 0) is 0 Å². The Morgan fingerprint density at radius 2 is 1.42 bits per heavy atom. The highest BCUT2D eigenvalue weighted by molar-refractivity contribution is 6.09. The molecular formula is C25H22O6. The Balaban J connectivity index is 1.79. The minimum atomic E-state index is -0.508. The molecule has 0 spiro atoms. The Morgan fingerprint density at radius 1 is 0.742 bits per heavy atom. The van der Waals surface area contributed by atoms with Gasteiger partial charge in [-0.25, -0.2) is 4.79 Å². The molecule has 3 aromatic rings.